The molecule has 5 heteroatoms. The maximum atomic E-state index is 12.2. The molecule has 1 aromatic heterocycles. The summed E-state index contributed by atoms with van der Waals surface area (Å²) in [6.07, 6.45) is 1.87. The van der Waals surface area contributed by atoms with Gasteiger partial charge in [-0.1, -0.05) is 18.2 Å². The van der Waals surface area contributed by atoms with Crippen LogP contribution in [0.1, 0.15) is 0 Å². The van der Waals surface area contributed by atoms with Gasteiger partial charge in [0.1, 0.15) is 11.5 Å². The molecule has 0 aliphatic rings. The van der Waals surface area contributed by atoms with Crippen LogP contribution in [0.4, 0.5) is 16.2 Å². The average Bonchev–Trinajstić information content (AvgIpc) is 3.12. The number of carbonyl (C=O) groups excluding carboxylic acids is 1. The van der Waals surface area contributed by atoms with Crippen molar-refractivity contribution in [1.29, 1.82) is 0 Å². The number of anilines is 2. The van der Waals surface area contributed by atoms with Crippen LogP contribution in [0.25, 0.3) is 10.9 Å². The molecule has 0 aliphatic heterocycles. The molecule has 0 saturated heterocycles. The molecule has 4 aromatic rings. The largest absolute Gasteiger partial charge is 0.457 e. The fraction of sp³-hybridized carbons (Fsp3) is 0. The molecule has 0 aliphatic carbocycles. The van der Waals surface area contributed by atoms with E-state index in [1.807, 2.05) is 72.9 Å². The maximum Gasteiger partial charge on any atom is 0.323 e. The summed E-state index contributed by atoms with van der Waals surface area (Å²) in [6, 6.07) is 24.1. The summed E-state index contributed by atoms with van der Waals surface area (Å²) < 4.78 is 5.74. The van der Waals surface area contributed by atoms with Crippen molar-refractivity contribution in [2.45, 2.75) is 0 Å². The fourth-order valence-corrected chi connectivity index (χ4v) is 2.66. The Morgan fingerprint density at radius 2 is 1.46 bits per heavy atom. The van der Waals surface area contributed by atoms with Gasteiger partial charge >= 0.3 is 6.03 Å². The highest BCUT2D eigenvalue weighted by Crippen LogP contribution is 2.23. The zero-order valence-corrected chi connectivity index (χ0v) is 13.9. The van der Waals surface area contributed by atoms with Crippen LogP contribution in [0, 0.1) is 0 Å². The van der Waals surface area contributed by atoms with Gasteiger partial charge in [-0.15, -0.1) is 0 Å². The number of carbonyl (C=O) groups is 1. The highest BCUT2D eigenvalue weighted by Gasteiger charge is 2.04. The number of nitrogens with one attached hydrogen (secondary N) is 3. The van der Waals surface area contributed by atoms with Crippen molar-refractivity contribution >= 4 is 28.3 Å². The van der Waals surface area contributed by atoms with Crippen LogP contribution in [-0.2, 0) is 0 Å². The Morgan fingerprint density at radius 3 is 2.27 bits per heavy atom. The topological polar surface area (TPSA) is 66.2 Å². The van der Waals surface area contributed by atoms with Crippen molar-refractivity contribution < 1.29 is 9.53 Å². The first kappa shape index (κ1) is 15.8. The number of benzene rings is 3. The normalized spacial score (nSPS) is 10.5. The van der Waals surface area contributed by atoms with Gasteiger partial charge in [0, 0.05) is 28.5 Å². The minimum absolute atomic E-state index is 0.295. The molecular weight excluding hydrogens is 326 g/mol. The molecule has 2 amide bonds. The molecule has 26 heavy (non-hydrogen) atoms. The number of para-hydroxylation sites is 1. The second-order valence-electron chi connectivity index (χ2n) is 5.80. The Hall–Kier alpha value is -3.73. The van der Waals surface area contributed by atoms with Crippen LogP contribution in [0.15, 0.2) is 85.1 Å². The Morgan fingerprint density at radius 1 is 0.769 bits per heavy atom. The highest BCUT2D eigenvalue weighted by atomic mass is 16.5. The van der Waals surface area contributed by atoms with Gasteiger partial charge < -0.3 is 20.4 Å². The quantitative estimate of drug-likeness (QED) is 0.451. The van der Waals surface area contributed by atoms with E-state index in [9.17, 15) is 4.79 Å². The van der Waals surface area contributed by atoms with E-state index in [2.05, 4.69) is 15.6 Å². The first-order valence-electron chi connectivity index (χ1n) is 8.24. The number of amides is 2. The Kier molecular flexibility index (Phi) is 4.26. The fourth-order valence-electron chi connectivity index (χ4n) is 2.66. The molecule has 0 unspecified atom stereocenters. The summed E-state index contributed by atoms with van der Waals surface area (Å²) in [4.78, 5) is 15.3. The van der Waals surface area contributed by atoms with Crippen LogP contribution in [0.2, 0.25) is 0 Å². The number of fused-ring (bicyclic) bond motifs is 1. The van der Waals surface area contributed by atoms with E-state index in [1.165, 1.54) is 0 Å². The van der Waals surface area contributed by atoms with Gasteiger partial charge in [-0.05, 0) is 60.7 Å². The number of hydrogen-bond acceptors (Lipinski definition) is 2. The second kappa shape index (κ2) is 7.03. The van der Waals surface area contributed by atoms with E-state index in [0.29, 0.717) is 11.4 Å². The van der Waals surface area contributed by atoms with Crippen LogP contribution >= 0.6 is 0 Å². The summed E-state index contributed by atoms with van der Waals surface area (Å²) in [5, 5.41) is 6.69. The maximum absolute atomic E-state index is 12.2. The predicted octanol–water partition coefficient (Wildman–Crippen LogP) is 5.60. The third-order valence-electron chi connectivity index (χ3n) is 3.90. The van der Waals surface area contributed by atoms with Gasteiger partial charge in [-0.25, -0.2) is 4.79 Å². The number of aromatic nitrogens is 1. The zero-order valence-electron chi connectivity index (χ0n) is 13.9. The molecule has 3 aromatic carbocycles. The van der Waals surface area contributed by atoms with E-state index < -0.39 is 0 Å². The number of rotatable bonds is 4. The van der Waals surface area contributed by atoms with Crippen LogP contribution in [0.5, 0.6) is 11.5 Å². The summed E-state index contributed by atoms with van der Waals surface area (Å²) in [5.74, 6) is 1.48. The minimum Gasteiger partial charge on any atom is -0.457 e. The second-order valence-corrected chi connectivity index (χ2v) is 5.80. The number of ether oxygens (including phenoxy) is 1. The number of H-pyrrole nitrogens is 1. The number of hydrogen-bond donors (Lipinski definition) is 3. The molecule has 0 atom stereocenters. The minimum atomic E-state index is -0.295. The van der Waals surface area contributed by atoms with Crippen LogP contribution in [0.3, 0.4) is 0 Å². The number of aromatic amines is 1. The van der Waals surface area contributed by atoms with Gasteiger partial charge in [-0.2, -0.15) is 0 Å². The van der Waals surface area contributed by atoms with Gasteiger partial charge in [0.15, 0.2) is 0 Å². The van der Waals surface area contributed by atoms with E-state index in [1.54, 1.807) is 12.1 Å². The summed E-state index contributed by atoms with van der Waals surface area (Å²) in [7, 11) is 0. The first-order valence-corrected chi connectivity index (χ1v) is 8.24. The van der Waals surface area contributed by atoms with E-state index in [-0.39, 0.29) is 6.03 Å². The molecule has 4 rings (SSSR count). The van der Waals surface area contributed by atoms with Crippen molar-refractivity contribution in [1.82, 2.24) is 4.98 Å². The van der Waals surface area contributed by atoms with Crippen LogP contribution in [-0.4, -0.2) is 11.0 Å². The molecule has 0 bridgehead atoms. The Balaban J connectivity index is 1.38. The smallest absolute Gasteiger partial charge is 0.323 e. The van der Waals surface area contributed by atoms with Crippen molar-refractivity contribution in [3.05, 3.63) is 85.1 Å². The SMILES string of the molecule is O=C(Nc1ccc(Oc2ccccc2)cc1)Nc1ccc2[nH]ccc2c1. The highest BCUT2D eigenvalue weighted by molar-refractivity contribution is 6.01. The lowest BCUT2D eigenvalue weighted by Gasteiger charge is -2.09. The van der Waals surface area contributed by atoms with Crippen molar-refractivity contribution in [2.24, 2.45) is 0 Å². The summed E-state index contributed by atoms with van der Waals surface area (Å²) in [6.45, 7) is 0. The predicted molar refractivity (Wildman–Crippen MR) is 104 cm³/mol. The van der Waals surface area contributed by atoms with Crippen molar-refractivity contribution in [3.63, 3.8) is 0 Å². The third-order valence-corrected chi connectivity index (χ3v) is 3.90. The summed E-state index contributed by atoms with van der Waals surface area (Å²) in [5.41, 5.74) is 2.45. The zero-order chi connectivity index (χ0) is 17.8. The van der Waals surface area contributed by atoms with E-state index in [4.69, 9.17) is 4.74 Å². The average molecular weight is 343 g/mol. The molecule has 5 nitrogen and oxygen atoms in total. The molecule has 1 heterocycles. The number of urea groups is 1. The van der Waals surface area contributed by atoms with Gasteiger partial charge in [0.2, 0.25) is 0 Å². The lowest BCUT2D eigenvalue weighted by Crippen LogP contribution is -2.19. The molecule has 0 saturated carbocycles. The van der Waals surface area contributed by atoms with Crippen LogP contribution < -0.4 is 15.4 Å². The van der Waals surface area contributed by atoms with Gasteiger partial charge in [0.25, 0.3) is 0 Å². The van der Waals surface area contributed by atoms with Gasteiger partial charge in [0.05, 0.1) is 0 Å². The first-order chi connectivity index (χ1) is 12.8. The molecule has 0 spiro atoms. The van der Waals surface area contributed by atoms with E-state index >= 15 is 0 Å². The van der Waals surface area contributed by atoms with Crippen molar-refractivity contribution in [2.75, 3.05) is 10.6 Å². The lowest BCUT2D eigenvalue weighted by atomic mass is 10.2. The van der Waals surface area contributed by atoms with E-state index in [0.717, 1.165) is 22.3 Å². The third kappa shape index (κ3) is 3.67. The van der Waals surface area contributed by atoms with Crippen molar-refractivity contribution in [3.8, 4) is 11.5 Å². The Labute approximate surface area is 150 Å². The monoisotopic (exact) mass is 343 g/mol. The Bertz CT molecular complexity index is 1020. The molecule has 0 fully saturated rings. The lowest BCUT2D eigenvalue weighted by molar-refractivity contribution is 0.262. The van der Waals surface area contributed by atoms with Gasteiger partial charge in [-0.3, -0.25) is 0 Å². The molecule has 128 valence electrons. The standard InChI is InChI=1S/C21H17N3O2/c25-21(24-17-8-11-20-15(14-17)12-13-22-20)23-16-6-9-19(10-7-16)26-18-4-2-1-3-5-18/h1-14,22H,(H2,23,24,25). The molecule has 3 N–H and O–H groups in total. The molecule has 0 radical (unpaired) electrons. The summed E-state index contributed by atoms with van der Waals surface area (Å²) >= 11 is 0. The molecular formula is C21H17N3O2.